The van der Waals surface area contributed by atoms with E-state index in [2.05, 4.69) is 6.92 Å². The molecule has 0 aromatic carbocycles. The van der Waals surface area contributed by atoms with Gasteiger partial charge in [0.25, 0.3) is 0 Å². The summed E-state index contributed by atoms with van der Waals surface area (Å²) in [6.45, 7) is 3.08. The van der Waals surface area contributed by atoms with Gasteiger partial charge in [-0.1, -0.05) is 26.2 Å². The molecule has 3 fully saturated rings. The van der Waals surface area contributed by atoms with Crippen LogP contribution in [0.1, 0.15) is 45.4 Å². The molecule has 3 aliphatic rings. The van der Waals surface area contributed by atoms with Crippen molar-refractivity contribution < 1.29 is 9.18 Å². The lowest BCUT2D eigenvalue weighted by atomic mass is 9.77. The van der Waals surface area contributed by atoms with Crippen molar-refractivity contribution in [3.63, 3.8) is 0 Å². The fourth-order valence-electron chi connectivity index (χ4n) is 3.26. The van der Waals surface area contributed by atoms with Gasteiger partial charge >= 0.3 is 0 Å². The topological polar surface area (TPSA) is 20.1 Å². The van der Waals surface area contributed by atoms with Gasteiger partial charge in [0.15, 0.2) is 0 Å². The van der Waals surface area contributed by atoms with Crippen molar-refractivity contribution in [1.29, 1.82) is 0 Å². The maximum atomic E-state index is 13.3. The Balaban J connectivity index is 0.000000174. The van der Waals surface area contributed by atoms with Crippen LogP contribution in [0.5, 0.6) is 0 Å². The van der Waals surface area contributed by atoms with Gasteiger partial charge in [-0.3, -0.25) is 4.79 Å². The summed E-state index contributed by atoms with van der Waals surface area (Å²) < 4.78 is 13.3. The van der Waals surface area contributed by atoms with Gasteiger partial charge in [-0.25, -0.2) is 4.39 Å². The summed E-state index contributed by atoms with van der Waals surface area (Å²) in [4.78, 5) is 13.3. The molecule has 4 heteroatoms. The Hall–Kier alpha value is -0.310. The van der Waals surface area contributed by atoms with Gasteiger partial charge in [0.1, 0.15) is 6.17 Å². The smallest absolute Gasteiger partial charge is 0.229 e. The molecule has 0 aromatic rings. The number of fused-ring (bicyclic) bond motifs is 3. The van der Waals surface area contributed by atoms with Crippen LogP contribution < -0.4 is 0 Å². The molecule has 4 atom stereocenters. The molecule has 1 saturated carbocycles. The summed E-state index contributed by atoms with van der Waals surface area (Å²) in [6, 6.07) is 0.432. The molecule has 0 spiro atoms. The minimum absolute atomic E-state index is 0.0946. The first-order chi connectivity index (χ1) is 8.70. The molecule has 0 N–H and O–H groups in total. The van der Waals surface area contributed by atoms with Gasteiger partial charge in [-0.2, -0.15) is 0 Å². The molecule has 2 nitrogen and oxygen atoms in total. The number of piperidine rings is 1. The van der Waals surface area contributed by atoms with Gasteiger partial charge < -0.3 is 4.90 Å². The predicted octanol–water partition coefficient (Wildman–Crippen LogP) is 3.38. The molecule has 2 heterocycles. The summed E-state index contributed by atoms with van der Waals surface area (Å²) in [7, 11) is 0. The van der Waals surface area contributed by atoms with Crippen molar-refractivity contribution in [2.45, 2.75) is 57.7 Å². The first-order valence-corrected chi connectivity index (χ1v) is 7.74. The largest absolute Gasteiger partial charge is 0.335 e. The van der Waals surface area contributed by atoms with E-state index in [1.165, 1.54) is 19.3 Å². The van der Waals surface area contributed by atoms with Crippen molar-refractivity contribution >= 4 is 17.5 Å². The van der Waals surface area contributed by atoms with Gasteiger partial charge in [0, 0.05) is 12.4 Å². The summed E-state index contributed by atoms with van der Waals surface area (Å²) in [6.07, 6.45) is 5.53. The second kappa shape index (κ2) is 6.23. The van der Waals surface area contributed by atoms with E-state index < -0.39 is 6.17 Å². The number of rotatable bonds is 3. The van der Waals surface area contributed by atoms with Gasteiger partial charge in [-0.05, 0) is 25.2 Å². The van der Waals surface area contributed by atoms with Crippen LogP contribution in [0.4, 0.5) is 4.39 Å². The first kappa shape index (κ1) is 14.1. The molecule has 2 saturated heterocycles. The van der Waals surface area contributed by atoms with Crippen molar-refractivity contribution in [1.82, 2.24) is 4.90 Å². The monoisotopic (exact) mass is 275 g/mol. The average Bonchev–Trinajstić information content (AvgIpc) is 3.11. The van der Waals surface area contributed by atoms with Crippen molar-refractivity contribution in [3.8, 4) is 0 Å². The normalized spacial score (nSPS) is 36.6. The van der Waals surface area contributed by atoms with Gasteiger partial charge in [-0.15, -0.1) is 11.6 Å². The lowest BCUT2D eigenvalue weighted by Gasteiger charge is -2.27. The van der Waals surface area contributed by atoms with Crippen LogP contribution in [0.3, 0.4) is 0 Å². The minimum atomic E-state index is -0.843. The first-order valence-electron chi connectivity index (χ1n) is 7.21. The van der Waals surface area contributed by atoms with E-state index >= 15 is 0 Å². The van der Waals surface area contributed by atoms with Crippen molar-refractivity contribution in [3.05, 3.63) is 0 Å². The third-order valence-electron chi connectivity index (χ3n) is 4.32. The highest BCUT2D eigenvalue weighted by molar-refractivity contribution is 6.17. The number of carbonyl (C=O) groups excluding carboxylic acids is 1. The highest BCUT2D eigenvalue weighted by Crippen LogP contribution is 2.48. The van der Waals surface area contributed by atoms with Gasteiger partial charge in [0.05, 0.1) is 12.0 Å². The van der Waals surface area contributed by atoms with Crippen LogP contribution in [0.15, 0.2) is 0 Å². The molecule has 1 amide bonds. The lowest BCUT2D eigenvalue weighted by Crippen LogP contribution is -2.34. The third kappa shape index (κ3) is 2.81. The van der Waals surface area contributed by atoms with E-state index in [4.69, 9.17) is 11.6 Å². The Morgan fingerprint density at radius 3 is 2.72 bits per heavy atom. The number of nitrogens with zero attached hydrogens (tertiary/aromatic N) is 1. The number of amides is 1. The molecule has 0 radical (unpaired) electrons. The fraction of sp³-hybridized carbons (Fsp3) is 0.929. The van der Waals surface area contributed by atoms with E-state index in [1.807, 2.05) is 4.90 Å². The molecule has 4 unspecified atom stereocenters. The third-order valence-corrected chi connectivity index (χ3v) is 4.59. The average molecular weight is 276 g/mol. The SMILES string of the molecule is CCCCCCl.O=C1C2C(F)CCCC2C2CN12. The maximum absolute atomic E-state index is 13.3. The minimum Gasteiger partial charge on any atom is -0.335 e. The highest BCUT2D eigenvalue weighted by Gasteiger charge is 2.60. The molecule has 2 aliphatic heterocycles. The molecular formula is C14H23ClFNO. The number of halogens is 2. The fourth-order valence-corrected chi connectivity index (χ4v) is 3.44. The molecular weight excluding hydrogens is 253 g/mol. The van der Waals surface area contributed by atoms with Crippen LogP contribution in [0, 0.1) is 11.8 Å². The van der Waals surface area contributed by atoms with E-state index in [0.29, 0.717) is 18.4 Å². The predicted molar refractivity (Wildman–Crippen MR) is 71.5 cm³/mol. The van der Waals surface area contributed by atoms with E-state index in [1.54, 1.807) is 0 Å². The second-order valence-corrected chi connectivity index (χ2v) is 5.97. The summed E-state index contributed by atoms with van der Waals surface area (Å²) >= 11 is 5.38. The standard InChI is InChI=1S/C9H12FNO.C5H11Cl/c10-6-3-1-2-5-7-4-11(7)9(12)8(5)6;1-2-3-4-5-6/h5-8H,1-4H2;2-5H2,1H3. The van der Waals surface area contributed by atoms with Crippen LogP contribution in [-0.4, -0.2) is 35.4 Å². The maximum Gasteiger partial charge on any atom is 0.229 e. The van der Waals surface area contributed by atoms with Crippen molar-refractivity contribution in [2.24, 2.45) is 11.8 Å². The molecule has 0 bridgehead atoms. The van der Waals surface area contributed by atoms with Crippen LogP contribution in [-0.2, 0) is 4.79 Å². The molecule has 3 rings (SSSR count). The number of hydrogen-bond donors (Lipinski definition) is 0. The van der Waals surface area contributed by atoms with Crippen LogP contribution >= 0.6 is 11.6 Å². The molecule has 0 aromatic heterocycles. The quantitative estimate of drug-likeness (QED) is 0.439. The number of hydrogen-bond acceptors (Lipinski definition) is 1. The Labute approximate surface area is 114 Å². The lowest BCUT2D eigenvalue weighted by molar-refractivity contribution is -0.131. The van der Waals surface area contributed by atoms with Crippen LogP contribution in [0.25, 0.3) is 0 Å². The zero-order chi connectivity index (χ0) is 13.1. The Morgan fingerprint density at radius 2 is 2.17 bits per heavy atom. The summed E-state index contributed by atoms with van der Waals surface area (Å²) in [5.74, 6) is 1.03. The highest BCUT2D eigenvalue weighted by atomic mass is 35.5. The summed E-state index contributed by atoms with van der Waals surface area (Å²) in [5.41, 5.74) is 0. The van der Waals surface area contributed by atoms with E-state index in [9.17, 15) is 9.18 Å². The number of unbranched alkanes of at least 4 members (excludes halogenated alkanes) is 2. The van der Waals surface area contributed by atoms with Crippen molar-refractivity contribution in [2.75, 3.05) is 12.4 Å². The summed E-state index contributed by atoms with van der Waals surface area (Å²) in [5, 5.41) is 0. The van der Waals surface area contributed by atoms with E-state index in [0.717, 1.165) is 25.3 Å². The number of carbonyl (C=O) groups is 1. The van der Waals surface area contributed by atoms with Crippen LogP contribution in [0.2, 0.25) is 0 Å². The molecule has 104 valence electrons. The molecule has 1 aliphatic carbocycles. The Kier molecular flexibility index (Phi) is 4.88. The zero-order valence-corrected chi connectivity index (χ0v) is 11.8. The Morgan fingerprint density at radius 1 is 1.39 bits per heavy atom. The second-order valence-electron chi connectivity index (χ2n) is 5.59. The van der Waals surface area contributed by atoms with E-state index in [-0.39, 0.29) is 11.8 Å². The number of alkyl halides is 2. The Bertz CT molecular complexity index is 296. The van der Waals surface area contributed by atoms with Gasteiger partial charge in [0.2, 0.25) is 5.91 Å². The zero-order valence-electron chi connectivity index (χ0n) is 11.1. The molecule has 18 heavy (non-hydrogen) atoms.